The molecule has 0 aliphatic heterocycles. The third kappa shape index (κ3) is 1.99. The fourth-order valence-electron chi connectivity index (χ4n) is 0.922. The van der Waals surface area contributed by atoms with E-state index in [9.17, 15) is 0 Å². The summed E-state index contributed by atoms with van der Waals surface area (Å²) in [6, 6.07) is 3.95. The van der Waals surface area contributed by atoms with Crippen LogP contribution in [0.4, 0.5) is 0 Å². The van der Waals surface area contributed by atoms with Crippen molar-refractivity contribution in [2.24, 2.45) is 0 Å². The summed E-state index contributed by atoms with van der Waals surface area (Å²) in [6.45, 7) is 9.60. The van der Waals surface area contributed by atoms with Crippen LogP contribution in [0.3, 0.4) is 0 Å². The van der Waals surface area contributed by atoms with Gasteiger partial charge in [0.15, 0.2) is 0 Å². The molecule has 0 saturated carbocycles. The topological polar surface area (TPSA) is 4.93 Å². The van der Waals surface area contributed by atoms with Gasteiger partial charge in [-0.05, 0) is 30.7 Å². The van der Waals surface area contributed by atoms with Gasteiger partial charge >= 0.3 is 0 Å². The fourth-order valence-corrected chi connectivity index (χ4v) is 0.922. The number of aromatic nitrogens is 1. The number of hydrogen-bond acceptors (Lipinski definition) is 0. The molecule has 0 radical (unpaired) electrons. The first kappa shape index (κ1) is 8.60. The molecule has 62 valence electrons. The molecular weight excluding hydrogens is 146 g/mol. The van der Waals surface area contributed by atoms with Crippen LogP contribution in [-0.4, -0.2) is 4.57 Å². The van der Waals surface area contributed by atoms with Gasteiger partial charge < -0.3 is 4.57 Å². The Morgan fingerprint density at radius 2 is 1.92 bits per heavy atom. The number of nitrogens with zero attached hydrogens (tertiary/aromatic N) is 1. The molecular formula is C11H13N. The molecule has 0 aromatic carbocycles. The van der Waals surface area contributed by atoms with Gasteiger partial charge in [-0.2, -0.15) is 0 Å². The molecule has 1 nitrogen and oxygen atoms in total. The molecule has 0 bridgehead atoms. The Kier molecular flexibility index (Phi) is 2.70. The van der Waals surface area contributed by atoms with E-state index in [0.29, 0.717) is 0 Å². The third-order valence-electron chi connectivity index (χ3n) is 1.65. The molecule has 0 saturated heterocycles. The monoisotopic (exact) mass is 159 g/mol. The summed E-state index contributed by atoms with van der Waals surface area (Å²) in [5.74, 6) is 0. The predicted octanol–water partition coefficient (Wildman–Crippen LogP) is 3.09. The highest BCUT2D eigenvalue weighted by Gasteiger charge is 1.90. The van der Waals surface area contributed by atoms with Crippen molar-refractivity contribution in [3.63, 3.8) is 0 Å². The van der Waals surface area contributed by atoms with E-state index < -0.39 is 0 Å². The van der Waals surface area contributed by atoms with Crippen molar-refractivity contribution < 1.29 is 0 Å². The maximum atomic E-state index is 3.92. The second kappa shape index (κ2) is 3.77. The molecule has 0 spiro atoms. The molecule has 0 N–H and O–H groups in total. The molecule has 0 unspecified atom stereocenters. The minimum absolute atomic E-state index is 0.956. The van der Waals surface area contributed by atoms with Gasteiger partial charge in [-0.15, -0.1) is 0 Å². The zero-order valence-electron chi connectivity index (χ0n) is 7.33. The highest BCUT2D eigenvalue weighted by molar-refractivity contribution is 5.56. The summed E-state index contributed by atoms with van der Waals surface area (Å²) < 4.78 is 1.97. The molecule has 0 amide bonds. The van der Waals surface area contributed by atoms with E-state index in [1.165, 1.54) is 0 Å². The van der Waals surface area contributed by atoms with Gasteiger partial charge in [-0.25, -0.2) is 0 Å². The van der Waals surface area contributed by atoms with E-state index >= 15 is 0 Å². The molecule has 1 heterocycles. The van der Waals surface area contributed by atoms with Gasteiger partial charge in [-0.1, -0.05) is 19.2 Å². The minimum Gasteiger partial charge on any atom is -0.324 e. The summed E-state index contributed by atoms with van der Waals surface area (Å²) in [5.41, 5.74) is 2.08. The van der Waals surface area contributed by atoms with Crippen LogP contribution in [0.15, 0.2) is 55.4 Å². The van der Waals surface area contributed by atoms with Crippen LogP contribution >= 0.6 is 0 Å². The van der Waals surface area contributed by atoms with Crippen molar-refractivity contribution in [2.75, 3.05) is 0 Å². The van der Waals surface area contributed by atoms with Crippen molar-refractivity contribution in [3.8, 4) is 0 Å². The Morgan fingerprint density at radius 1 is 1.33 bits per heavy atom. The Hall–Kier alpha value is -1.50. The predicted molar refractivity (Wildman–Crippen MR) is 53.7 cm³/mol. The highest BCUT2D eigenvalue weighted by Crippen LogP contribution is 2.07. The zero-order chi connectivity index (χ0) is 8.97. The van der Waals surface area contributed by atoms with Crippen molar-refractivity contribution in [1.82, 2.24) is 4.57 Å². The van der Waals surface area contributed by atoms with Gasteiger partial charge in [0.1, 0.15) is 0 Å². The van der Waals surface area contributed by atoms with Gasteiger partial charge in [-0.3, -0.25) is 0 Å². The molecule has 1 heteroatoms. The minimum atomic E-state index is 0.956. The molecule has 1 aromatic heterocycles. The lowest BCUT2D eigenvalue weighted by Gasteiger charge is -2.01. The Bertz CT molecular complexity index is 302. The molecule has 12 heavy (non-hydrogen) atoms. The molecule has 0 atom stereocenters. The van der Waals surface area contributed by atoms with Gasteiger partial charge in [0.2, 0.25) is 0 Å². The standard InChI is InChI=1S/C11H13N/c1-4-10(2)9-11(3)12-7-5-6-8-12/h4-9H,1,3H2,2H3/b10-9-. The average molecular weight is 159 g/mol. The zero-order valence-corrected chi connectivity index (χ0v) is 7.33. The normalized spacial score (nSPS) is 11.2. The van der Waals surface area contributed by atoms with Crippen molar-refractivity contribution >= 4 is 5.70 Å². The lowest BCUT2D eigenvalue weighted by molar-refractivity contribution is 1.13. The van der Waals surface area contributed by atoms with Crippen LogP contribution in [0, 0.1) is 0 Å². The van der Waals surface area contributed by atoms with Crippen LogP contribution in [0.5, 0.6) is 0 Å². The number of rotatable bonds is 3. The molecule has 0 aliphatic carbocycles. The first-order chi connectivity index (χ1) is 5.74. The summed E-state index contributed by atoms with van der Waals surface area (Å²) in [5, 5.41) is 0. The highest BCUT2D eigenvalue weighted by atomic mass is 14.9. The van der Waals surface area contributed by atoms with E-state index in [0.717, 1.165) is 11.3 Å². The number of allylic oxidation sites excluding steroid dienone is 4. The van der Waals surface area contributed by atoms with Crippen LogP contribution in [0.25, 0.3) is 5.70 Å². The van der Waals surface area contributed by atoms with E-state index in [-0.39, 0.29) is 0 Å². The number of hydrogen-bond donors (Lipinski definition) is 0. The summed E-state index contributed by atoms with van der Waals surface area (Å²) in [7, 11) is 0. The summed E-state index contributed by atoms with van der Waals surface area (Å²) in [6.07, 6.45) is 7.74. The van der Waals surface area contributed by atoms with Gasteiger partial charge in [0.05, 0.1) is 0 Å². The second-order valence-corrected chi connectivity index (χ2v) is 2.67. The second-order valence-electron chi connectivity index (χ2n) is 2.67. The average Bonchev–Trinajstić information content (AvgIpc) is 2.56. The van der Waals surface area contributed by atoms with Crippen LogP contribution in [0.1, 0.15) is 6.92 Å². The quantitative estimate of drug-likeness (QED) is 0.597. The SMILES string of the molecule is C=C/C(C)=C\C(=C)n1cccc1. The third-order valence-corrected chi connectivity index (χ3v) is 1.65. The molecule has 1 rings (SSSR count). The molecule has 0 aliphatic rings. The smallest absolute Gasteiger partial charge is 0.0380 e. The van der Waals surface area contributed by atoms with Crippen LogP contribution in [-0.2, 0) is 0 Å². The Balaban J connectivity index is 2.80. The summed E-state index contributed by atoms with van der Waals surface area (Å²) in [4.78, 5) is 0. The van der Waals surface area contributed by atoms with E-state index in [1.54, 1.807) is 0 Å². The maximum Gasteiger partial charge on any atom is 0.0380 e. The van der Waals surface area contributed by atoms with E-state index in [4.69, 9.17) is 0 Å². The van der Waals surface area contributed by atoms with Crippen LogP contribution in [0.2, 0.25) is 0 Å². The molecule has 0 fully saturated rings. The van der Waals surface area contributed by atoms with Crippen LogP contribution < -0.4 is 0 Å². The summed E-state index contributed by atoms with van der Waals surface area (Å²) >= 11 is 0. The fraction of sp³-hybridized carbons (Fsp3) is 0.0909. The van der Waals surface area contributed by atoms with Gasteiger partial charge in [0.25, 0.3) is 0 Å². The van der Waals surface area contributed by atoms with E-state index in [2.05, 4.69) is 13.2 Å². The maximum absolute atomic E-state index is 3.92. The lowest BCUT2D eigenvalue weighted by atomic mass is 10.2. The largest absolute Gasteiger partial charge is 0.324 e. The first-order valence-corrected chi connectivity index (χ1v) is 3.87. The van der Waals surface area contributed by atoms with Crippen molar-refractivity contribution in [3.05, 3.63) is 55.4 Å². The Morgan fingerprint density at radius 3 is 2.42 bits per heavy atom. The Labute approximate surface area is 73.3 Å². The van der Waals surface area contributed by atoms with Crippen molar-refractivity contribution in [2.45, 2.75) is 6.92 Å². The van der Waals surface area contributed by atoms with E-state index in [1.807, 2.05) is 48.2 Å². The lowest BCUT2D eigenvalue weighted by Crippen LogP contribution is -1.87. The molecule has 1 aromatic rings. The van der Waals surface area contributed by atoms with Gasteiger partial charge in [0, 0.05) is 18.1 Å². The van der Waals surface area contributed by atoms with Crippen molar-refractivity contribution in [1.29, 1.82) is 0 Å². The first-order valence-electron chi connectivity index (χ1n) is 3.87.